The first-order valence-electron chi connectivity index (χ1n) is 6.04. The van der Waals surface area contributed by atoms with Crippen LogP contribution in [-0.2, 0) is 4.74 Å². The molecule has 1 heterocycles. The standard InChI is InChI=1S/C11H25N3O/c1-11(10-12)2-3-13-4-5-14-6-8-15-9-7-14/h11,13H,2-10,12H2,1H3. The largest absolute Gasteiger partial charge is 0.379 e. The molecule has 1 unspecified atom stereocenters. The van der Waals surface area contributed by atoms with E-state index in [1.807, 2.05) is 0 Å². The molecule has 0 aromatic heterocycles. The highest BCUT2D eigenvalue weighted by molar-refractivity contribution is 4.63. The molecule has 1 fully saturated rings. The number of ether oxygens (including phenoxy) is 1. The van der Waals surface area contributed by atoms with Gasteiger partial charge in [0, 0.05) is 26.2 Å². The summed E-state index contributed by atoms with van der Waals surface area (Å²) in [4.78, 5) is 2.45. The lowest BCUT2D eigenvalue weighted by Crippen LogP contribution is -2.40. The lowest BCUT2D eigenvalue weighted by molar-refractivity contribution is 0.0384. The van der Waals surface area contributed by atoms with Crippen molar-refractivity contribution >= 4 is 0 Å². The zero-order valence-electron chi connectivity index (χ0n) is 9.87. The molecule has 0 aromatic rings. The monoisotopic (exact) mass is 215 g/mol. The van der Waals surface area contributed by atoms with Gasteiger partial charge in [-0.2, -0.15) is 0 Å². The first-order valence-corrected chi connectivity index (χ1v) is 6.04. The Morgan fingerprint density at radius 2 is 2.07 bits per heavy atom. The molecule has 3 N–H and O–H groups in total. The van der Waals surface area contributed by atoms with Gasteiger partial charge >= 0.3 is 0 Å². The smallest absolute Gasteiger partial charge is 0.0594 e. The summed E-state index contributed by atoms with van der Waals surface area (Å²) < 4.78 is 5.30. The maximum atomic E-state index is 5.55. The fraction of sp³-hybridized carbons (Fsp3) is 1.00. The molecular formula is C11H25N3O. The molecule has 0 aromatic carbocycles. The van der Waals surface area contributed by atoms with Crippen molar-refractivity contribution in [3.8, 4) is 0 Å². The molecule has 4 nitrogen and oxygen atoms in total. The summed E-state index contributed by atoms with van der Waals surface area (Å²) in [6.07, 6.45) is 1.18. The lowest BCUT2D eigenvalue weighted by atomic mass is 10.1. The van der Waals surface area contributed by atoms with Crippen LogP contribution < -0.4 is 11.1 Å². The van der Waals surface area contributed by atoms with Crippen molar-refractivity contribution in [1.82, 2.24) is 10.2 Å². The molecule has 0 radical (unpaired) electrons. The van der Waals surface area contributed by atoms with E-state index in [1.165, 1.54) is 6.42 Å². The molecule has 0 saturated carbocycles. The van der Waals surface area contributed by atoms with E-state index in [9.17, 15) is 0 Å². The number of hydrogen-bond donors (Lipinski definition) is 2. The number of nitrogens with two attached hydrogens (primary N) is 1. The zero-order valence-corrected chi connectivity index (χ0v) is 9.87. The van der Waals surface area contributed by atoms with E-state index in [2.05, 4.69) is 17.1 Å². The van der Waals surface area contributed by atoms with Crippen LogP contribution in [-0.4, -0.2) is 57.4 Å². The Hall–Kier alpha value is -0.160. The van der Waals surface area contributed by atoms with E-state index < -0.39 is 0 Å². The topological polar surface area (TPSA) is 50.5 Å². The third-order valence-corrected chi connectivity index (χ3v) is 2.92. The summed E-state index contributed by atoms with van der Waals surface area (Å²) in [5.41, 5.74) is 5.55. The molecule has 0 amide bonds. The van der Waals surface area contributed by atoms with Crippen LogP contribution in [0.15, 0.2) is 0 Å². The molecule has 4 heteroatoms. The second kappa shape index (κ2) is 8.05. The van der Waals surface area contributed by atoms with Crippen molar-refractivity contribution in [3.05, 3.63) is 0 Å². The Bertz CT molecular complexity index is 149. The quantitative estimate of drug-likeness (QED) is 0.582. The van der Waals surface area contributed by atoms with Crippen LogP contribution in [0.4, 0.5) is 0 Å². The van der Waals surface area contributed by atoms with Gasteiger partial charge in [-0.1, -0.05) is 6.92 Å². The summed E-state index contributed by atoms with van der Waals surface area (Å²) in [7, 11) is 0. The average Bonchev–Trinajstić information content (AvgIpc) is 2.29. The van der Waals surface area contributed by atoms with Crippen molar-refractivity contribution in [2.24, 2.45) is 11.7 Å². The highest BCUT2D eigenvalue weighted by Gasteiger charge is 2.08. The van der Waals surface area contributed by atoms with Gasteiger partial charge < -0.3 is 15.8 Å². The Balaban J connectivity index is 1.87. The fourth-order valence-electron chi connectivity index (χ4n) is 1.65. The van der Waals surface area contributed by atoms with Crippen LogP contribution >= 0.6 is 0 Å². The zero-order chi connectivity index (χ0) is 10.9. The molecule has 1 saturated heterocycles. The molecule has 15 heavy (non-hydrogen) atoms. The molecule has 1 aliphatic heterocycles. The van der Waals surface area contributed by atoms with Gasteiger partial charge in [0.15, 0.2) is 0 Å². The van der Waals surface area contributed by atoms with Gasteiger partial charge in [0.05, 0.1) is 13.2 Å². The van der Waals surface area contributed by atoms with Gasteiger partial charge in [0.2, 0.25) is 0 Å². The molecule has 1 atom stereocenters. The summed E-state index contributed by atoms with van der Waals surface area (Å²) in [5.74, 6) is 0.640. The molecule has 0 spiro atoms. The van der Waals surface area contributed by atoms with Crippen molar-refractivity contribution in [2.75, 3.05) is 52.5 Å². The van der Waals surface area contributed by atoms with Crippen molar-refractivity contribution in [2.45, 2.75) is 13.3 Å². The van der Waals surface area contributed by atoms with E-state index >= 15 is 0 Å². The second-order valence-electron chi connectivity index (χ2n) is 4.33. The summed E-state index contributed by atoms with van der Waals surface area (Å²) in [6, 6.07) is 0. The molecule has 0 aliphatic carbocycles. The Kier molecular flexibility index (Phi) is 6.92. The Labute approximate surface area is 93.1 Å². The van der Waals surface area contributed by atoms with Crippen LogP contribution in [0.5, 0.6) is 0 Å². The van der Waals surface area contributed by atoms with Gasteiger partial charge in [0.25, 0.3) is 0 Å². The molecular weight excluding hydrogens is 190 g/mol. The molecule has 1 aliphatic rings. The number of rotatable bonds is 7. The number of nitrogens with zero attached hydrogens (tertiary/aromatic N) is 1. The average molecular weight is 215 g/mol. The summed E-state index contributed by atoms with van der Waals surface area (Å²) in [6.45, 7) is 10.3. The molecule has 1 rings (SSSR count). The van der Waals surface area contributed by atoms with Crippen molar-refractivity contribution in [1.29, 1.82) is 0 Å². The molecule has 90 valence electrons. The van der Waals surface area contributed by atoms with Crippen LogP contribution in [0.1, 0.15) is 13.3 Å². The SMILES string of the molecule is CC(CN)CCNCCN1CCOCC1. The van der Waals surface area contributed by atoms with E-state index in [0.29, 0.717) is 5.92 Å². The fourth-order valence-corrected chi connectivity index (χ4v) is 1.65. The van der Waals surface area contributed by atoms with Crippen LogP contribution in [0.3, 0.4) is 0 Å². The predicted octanol–water partition coefficient (Wildman–Crippen LogP) is -0.107. The predicted molar refractivity (Wildman–Crippen MR) is 63.0 cm³/mol. The highest BCUT2D eigenvalue weighted by Crippen LogP contribution is 1.97. The van der Waals surface area contributed by atoms with Gasteiger partial charge in [-0.3, -0.25) is 4.90 Å². The lowest BCUT2D eigenvalue weighted by Gasteiger charge is -2.26. The maximum Gasteiger partial charge on any atom is 0.0594 e. The third-order valence-electron chi connectivity index (χ3n) is 2.92. The second-order valence-corrected chi connectivity index (χ2v) is 4.33. The first kappa shape index (κ1) is 12.9. The van der Waals surface area contributed by atoms with E-state index in [-0.39, 0.29) is 0 Å². The maximum absolute atomic E-state index is 5.55. The minimum absolute atomic E-state index is 0.640. The van der Waals surface area contributed by atoms with Crippen LogP contribution in [0, 0.1) is 5.92 Å². The summed E-state index contributed by atoms with van der Waals surface area (Å²) in [5, 5.41) is 3.46. The van der Waals surface area contributed by atoms with Crippen molar-refractivity contribution < 1.29 is 4.74 Å². The van der Waals surface area contributed by atoms with Crippen LogP contribution in [0.2, 0.25) is 0 Å². The minimum Gasteiger partial charge on any atom is -0.379 e. The van der Waals surface area contributed by atoms with E-state index in [0.717, 1.165) is 52.5 Å². The van der Waals surface area contributed by atoms with Gasteiger partial charge in [-0.15, -0.1) is 0 Å². The van der Waals surface area contributed by atoms with E-state index in [4.69, 9.17) is 10.5 Å². The van der Waals surface area contributed by atoms with Crippen LogP contribution in [0.25, 0.3) is 0 Å². The Morgan fingerprint density at radius 1 is 1.33 bits per heavy atom. The Morgan fingerprint density at radius 3 is 2.73 bits per heavy atom. The minimum atomic E-state index is 0.640. The number of morpholine rings is 1. The highest BCUT2D eigenvalue weighted by atomic mass is 16.5. The number of hydrogen-bond acceptors (Lipinski definition) is 4. The van der Waals surface area contributed by atoms with Gasteiger partial charge in [-0.25, -0.2) is 0 Å². The van der Waals surface area contributed by atoms with Crippen molar-refractivity contribution in [3.63, 3.8) is 0 Å². The first-order chi connectivity index (χ1) is 7.33. The van der Waals surface area contributed by atoms with Gasteiger partial charge in [0.1, 0.15) is 0 Å². The molecule has 0 bridgehead atoms. The summed E-state index contributed by atoms with van der Waals surface area (Å²) >= 11 is 0. The number of nitrogens with one attached hydrogen (secondary N) is 1. The van der Waals surface area contributed by atoms with E-state index in [1.54, 1.807) is 0 Å². The normalized spacial score (nSPS) is 20.4. The third kappa shape index (κ3) is 6.10. The van der Waals surface area contributed by atoms with Gasteiger partial charge in [-0.05, 0) is 25.4 Å².